The number of amides is 2. The van der Waals surface area contributed by atoms with E-state index in [0.717, 1.165) is 49.5 Å². The summed E-state index contributed by atoms with van der Waals surface area (Å²) in [4.78, 5) is 31.1. The van der Waals surface area contributed by atoms with Crippen LogP contribution in [0.2, 0.25) is 0 Å². The van der Waals surface area contributed by atoms with Crippen molar-refractivity contribution in [2.45, 2.75) is 33.7 Å². The standard InChI is InChI=1S/C24H31N3O2/c1-19-8-7-9-20(2)24(19)27(21(3)28)13-12-23(29)26-16-14-25(15-17-26)18-22-10-5-4-6-11-22/h4-11H,12-18H2,1-3H3. The maximum atomic E-state index is 12.8. The first kappa shape index (κ1) is 21.1. The average molecular weight is 394 g/mol. The van der Waals surface area contributed by atoms with Gasteiger partial charge in [0.2, 0.25) is 11.8 Å². The third-order valence-corrected chi connectivity index (χ3v) is 5.61. The first-order valence-electron chi connectivity index (χ1n) is 10.3. The number of benzene rings is 2. The first-order valence-corrected chi connectivity index (χ1v) is 10.3. The molecule has 1 heterocycles. The van der Waals surface area contributed by atoms with E-state index in [0.29, 0.717) is 13.0 Å². The van der Waals surface area contributed by atoms with Crippen LogP contribution >= 0.6 is 0 Å². The summed E-state index contributed by atoms with van der Waals surface area (Å²) in [5.41, 5.74) is 4.35. The second-order valence-corrected chi connectivity index (χ2v) is 7.80. The fourth-order valence-corrected chi connectivity index (χ4v) is 4.02. The maximum absolute atomic E-state index is 12.8. The third kappa shape index (κ3) is 5.45. The fourth-order valence-electron chi connectivity index (χ4n) is 4.02. The normalized spacial score (nSPS) is 14.7. The van der Waals surface area contributed by atoms with E-state index in [9.17, 15) is 9.59 Å². The molecule has 1 aliphatic heterocycles. The molecule has 1 saturated heterocycles. The molecule has 5 nitrogen and oxygen atoms in total. The highest BCUT2D eigenvalue weighted by molar-refractivity contribution is 5.94. The van der Waals surface area contributed by atoms with Gasteiger partial charge >= 0.3 is 0 Å². The van der Waals surface area contributed by atoms with Crippen LogP contribution in [0.1, 0.15) is 30.0 Å². The molecule has 0 N–H and O–H groups in total. The van der Waals surface area contributed by atoms with Crippen molar-refractivity contribution in [2.75, 3.05) is 37.6 Å². The average Bonchev–Trinajstić information content (AvgIpc) is 2.71. The van der Waals surface area contributed by atoms with Crippen LogP contribution in [0.3, 0.4) is 0 Å². The number of carbonyl (C=O) groups is 2. The highest BCUT2D eigenvalue weighted by Gasteiger charge is 2.23. The van der Waals surface area contributed by atoms with E-state index >= 15 is 0 Å². The molecule has 5 heteroatoms. The molecule has 0 unspecified atom stereocenters. The summed E-state index contributed by atoms with van der Waals surface area (Å²) in [6, 6.07) is 16.4. The van der Waals surface area contributed by atoms with E-state index in [1.54, 1.807) is 11.8 Å². The first-order chi connectivity index (χ1) is 14.0. The summed E-state index contributed by atoms with van der Waals surface area (Å²) >= 11 is 0. The van der Waals surface area contributed by atoms with Crippen molar-refractivity contribution in [1.29, 1.82) is 0 Å². The van der Waals surface area contributed by atoms with Gasteiger partial charge in [-0.2, -0.15) is 0 Å². The van der Waals surface area contributed by atoms with Crippen LogP contribution in [-0.4, -0.2) is 54.3 Å². The summed E-state index contributed by atoms with van der Waals surface area (Å²) < 4.78 is 0. The van der Waals surface area contributed by atoms with Crippen molar-refractivity contribution in [2.24, 2.45) is 0 Å². The molecule has 0 atom stereocenters. The van der Waals surface area contributed by atoms with Gasteiger partial charge in [-0.3, -0.25) is 14.5 Å². The number of para-hydroxylation sites is 1. The second-order valence-electron chi connectivity index (χ2n) is 7.80. The quantitative estimate of drug-likeness (QED) is 0.756. The van der Waals surface area contributed by atoms with E-state index in [-0.39, 0.29) is 11.8 Å². The minimum atomic E-state index is -0.0251. The summed E-state index contributed by atoms with van der Waals surface area (Å²) in [5.74, 6) is 0.102. The number of rotatable bonds is 6. The second kappa shape index (κ2) is 9.70. The molecule has 0 bridgehead atoms. The maximum Gasteiger partial charge on any atom is 0.224 e. The smallest absolute Gasteiger partial charge is 0.224 e. The fraction of sp³-hybridized carbons (Fsp3) is 0.417. The molecule has 0 saturated carbocycles. The minimum Gasteiger partial charge on any atom is -0.340 e. The molecule has 0 radical (unpaired) electrons. The number of anilines is 1. The van der Waals surface area contributed by atoms with E-state index in [1.807, 2.05) is 43.0 Å². The number of nitrogens with zero attached hydrogens (tertiary/aromatic N) is 3. The zero-order valence-electron chi connectivity index (χ0n) is 17.7. The summed E-state index contributed by atoms with van der Waals surface area (Å²) in [5, 5.41) is 0. The summed E-state index contributed by atoms with van der Waals surface area (Å²) in [7, 11) is 0. The largest absolute Gasteiger partial charge is 0.340 e. The van der Waals surface area contributed by atoms with Gasteiger partial charge < -0.3 is 9.80 Å². The lowest BCUT2D eigenvalue weighted by atomic mass is 10.1. The van der Waals surface area contributed by atoms with Crippen LogP contribution in [0.25, 0.3) is 0 Å². The van der Waals surface area contributed by atoms with Gasteiger partial charge in [-0.1, -0.05) is 48.5 Å². The van der Waals surface area contributed by atoms with Gasteiger partial charge in [0.1, 0.15) is 0 Å². The van der Waals surface area contributed by atoms with Crippen molar-refractivity contribution in [1.82, 2.24) is 9.80 Å². The highest BCUT2D eigenvalue weighted by Crippen LogP contribution is 2.25. The van der Waals surface area contributed by atoms with Gasteiger partial charge in [-0.25, -0.2) is 0 Å². The van der Waals surface area contributed by atoms with Crippen LogP contribution in [-0.2, 0) is 16.1 Å². The molecule has 2 aromatic carbocycles. The predicted molar refractivity (Wildman–Crippen MR) is 117 cm³/mol. The van der Waals surface area contributed by atoms with Gasteiger partial charge in [0.05, 0.1) is 0 Å². The lowest BCUT2D eigenvalue weighted by Crippen LogP contribution is -2.49. The number of carbonyl (C=O) groups excluding carboxylic acids is 2. The number of hydrogen-bond donors (Lipinski definition) is 0. The Hall–Kier alpha value is -2.66. The zero-order chi connectivity index (χ0) is 20.8. The molecule has 154 valence electrons. The topological polar surface area (TPSA) is 43.9 Å². The molecular formula is C24H31N3O2. The SMILES string of the molecule is CC(=O)N(CCC(=O)N1CCN(Cc2ccccc2)CC1)c1c(C)cccc1C. The number of piperazine rings is 1. The predicted octanol–water partition coefficient (Wildman–Crippen LogP) is 3.39. The van der Waals surface area contributed by atoms with E-state index < -0.39 is 0 Å². The Labute approximate surface area is 173 Å². The Balaban J connectivity index is 1.53. The van der Waals surface area contributed by atoms with Gasteiger partial charge in [-0.15, -0.1) is 0 Å². The summed E-state index contributed by atoms with van der Waals surface area (Å²) in [6.07, 6.45) is 0.353. The Morgan fingerprint density at radius 3 is 2.10 bits per heavy atom. The molecule has 0 spiro atoms. The molecule has 2 amide bonds. The molecule has 2 aromatic rings. The molecule has 0 aliphatic carbocycles. The van der Waals surface area contributed by atoms with Gasteiger partial charge in [-0.05, 0) is 30.5 Å². The number of aryl methyl sites for hydroxylation is 2. The van der Waals surface area contributed by atoms with E-state index in [2.05, 4.69) is 29.2 Å². The monoisotopic (exact) mass is 393 g/mol. The van der Waals surface area contributed by atoms with Crippen molar-refractivity contribution >= 4 is 17.5 Å². The van der Waals surface area contributed by atoms with E-state index in [4.69, 9.17) is 0 Å². The minimum absolute atomic E-state index is 0.0251. The lowest BCUT2D eigenvalue weighted by molar-refractivity contribution is -0.132. The van der Waals surface area contributed by atoms with Gasteiger partial charge in [0.25, 0.3) is 0 Å². The van der Waals surface area contributed by atoms with Crippen LogP contribution in [0, 0.1) is 13.8 Å². The Kier molecular flexibility index (Phi) is 7.04. The van der Waals surface area contributed by atoms with Crippen LogP contribution in [0.5, 0.6) is 0 Å². The Morgan fingerprint density at radius 1 is 0.897 bits per heavy atom. The van der Waals surface area contributed by atoms with Crippen LogP contribution in [0.4, 0.5) is 5.69 Å². The number of hydrogen-bond acceptors (Lipinski definition) is 3. The molecule has 1 aliphatic rings. The Bertz CT molecular complexity index is 822. The van der Waals surface area contributed by atoms with Crippen molar-refractivity contribution in [3.8, 4) is 0 Å². The van der Waals surface area contributed by atoms with Crippen molar-refractivity contribution in [3.63, 3.8) is 0 Å². The van der Waals surface area contributed by atoms with Crippen LogP contribution < -0.4 is 4.90 Å². The third-order valence-electron chi connectivity index (χ3n) is 5.61. The van der Waals surface area contributed by atoms with Gasteiger partial charge in [0.15, 0.2) is 0 Å². The van der Waals surface area contributed by atoms with Crippen LogP contribution in [0.15, 0.2) is 48.5 Å². The van der Waals surface area contributed by atoms with E-state index in [1.165, 1.54) is 5.56 Å². The molecular weight excluding hydrogens is 362 g/mol. The highest BCUT2D eigenvalue weighted by atomic mass is 16.2. The van der Waals surface area contributed by atoms with Crippen molar-refractivity contribution < 1.29 is 9.59 Å². The molecule has 3 rings (SSSR count). The van der Waals surface area contributed by atoms with Crippen molar-refractivity contribution in [3.05, 3.63) is 65.2 Å². The molecule has 0 aromatic heterocycles. The lowest BCUT2D eigenvalue weighted by Gasteiger charge is -2.35. The molecule has 1 fully saturated rings. The summed E-state index contributed by atoms with van der Waals surface area (Å²) in [6.45, 7) is 10.2. The zero-order valence-corrected chi connectivity index (χ0v) is 17.7. The van der Waals surface area contributed by atoms with Gasteiger partial charge in [0, 0.05) is 58.3 Å². The molecule has 29 heavy (non-hydrogen) atoms. The Morgan fingerprint density at radius 2 is 1.52 bits per heavy atom.